The number of nitrogens with two attached hydrogens (primary N) is 1. The van der Waals surface area contributed by atoms with Gasteiger partial charge in [0.2, 0.25) is 0 Å². The summed E-state index contributed by atoms with van der Waals surface area (Å²) in [4.78, 5) is 12.1. The Bertz CT molecular complexity index is 500. The lowest BCUT2D eigenvalue weighted by Crippen LogP contribution is -2.05. The molecular weight excluding hydrogens is 229 g/mol. The van der Waals surface area contributed by atoms with Gasteiger partial charge in [0, 0.05) is 6.54 Å². The molecule has 0 saturated carbocycles. The maximum Gasteiger partial charge on any atom is 0.165 e. The number of nitrogens with zero attached hydrogens (tertiary/aromatic N) is 4. The molecule has 1 atom stereocenters. The Hall–Kier alpha value is -1.46. The summed E-state index contributed by atoms with van der Waals surface area (Å²) in [5.74, 6) is 0.369. The van der Waals surface area contributed by atoms with E-state index in [1.807, 2.05) is 4.57 Å². The van der Waals surface area contributed by atoms with Gasteiger partial charge in [-0.15, -0.1) is 0 Å². The largest absolute Gasteiger partial charge is 0.382 e. The van der Waals surface area contributed by atoms with Crippen LogP contribution in [-0.2, 0) is 15.8 Å². The topological polar surface area (TPSA) is 95.9 Å². The lowest BCUT2D eigenvalue weighted by Gasteiger charge is -2.03. The van der Waals surface area contributed by atoms with Crippen molar-refractivity contribution in [2.45, 2.75) is 6.54 Å². The van der Waals surface area contributed by atoms with E-state index in [0.717, 1.165) is 0 Å². The molecule has 0 aliphatic rings. The maximum atomic E-state index is 10.3. The summed E-state index contributed by atoms with van der Waals surface area (Å²) in [6.07, 6.45) is 3.35. The SMILES string of the molecule is Nc1ncnc2c1ncn2CCOC[PH2]=O. The fourth-order valence-electron chi connectivity index (χ4n) is 1.36. The molecule has 2 N–H and O–H groups in total. The minimum Gasteiger partial charge on any atom is -0.382 e. The van der Waals surface area contributed by atoms with Gasteiger partial charge in [0.25, 0.3) is 0 Å². The number of hydrogen-bond donors (Lipinski definition) is 1. The number of rotatable bonds is 5. The predicted octanol–water partition coefficient (Wildman–Crippen LogP) is 0.139. The first-order valence-corrected chi connectivity index (χ1v) is 6.04. The highest BCUT2D eigenvalue weighted by atomic mass is 31.1. The normalized spacial score (nSPS) is 11.8. The van der Waals surface area contributed by atoms with Crippen LogP contribution in [0.15, 0.2) is 12.7 Å². The fraction of sp³-hybridized carbons (Fsp3) is 0.375. The molecule has 1 unspecified atom stereocenters. The first-order chi connectivity index (χ1) is 7.83. The molecule has 2 heterocycles. The van der Waals surface area contributed by atoms with Crippen LogP contribution in [0.25, 0.3) is 11.2 Å². The summed E-state index contributed by atoms with van der Waals surface area (Å²) in [7, 11) is -0.847. The Kier molecular flexibility index (Phi) is 3.48. The Balaban J connectivity index is 2.13. The molecule has 16 heavy (non-hydrogen) atoms. The van der Waals surface area contributed by atoms with Crippen molar-refractivity contribution in [1.29, 1.82) is 0 Å². The zero-order chi connectivity index (χ0) is 11.4. The van der Waals surface area contributed by atoms with Gasteiger partial charge in [0.05, 0.1) is 27.7 Å². The highest BCUT2D eigenvalue weighted by Crippen LogP contribution is 2.13. The summed E-state index contributed by atoms with van der Waals surface area (Å²) in [6, 6.07) is 0. The first kappa shape index (κ1) is 11.0. The van der Waals surface area contributed by atoms with Gasteiger partial charge in [-0.2, -0.15) is 0 Å². The number of nitrogen functional groups attached to an aromatic ring is 1. The van der Waals surface area contributed by atoms with Gasteiger partial charge in [-0.05, 0) is 0 Å². The van der Waals surface area contributed by atoms with Crippen molar-refractivity contribution in [2.75, 3.05) is 18.7 Å². The van der Waals surface area contributed by atoms with E-state index in [1.165, 1.54) is 6.33 Å². The third kappa shape index (κ3) is 2.20. The van der Waals surface area contributed by atoms with Crippen molar-refractivity contribution >= 4 is 25.4 Å². The summed E-state index contributed by atoms with van der Waals surface area (Å²) in [5, 5.41) is 0. The lowest BCUT2D eigenvalue weighted by atomic mass is 10.5. The molecule has 8 heteroatoms. The molecule has 0 aliphatic carbocycles. The quantitative estimate of drug-likeness (QED) is 0.590. The third-order valence-electron chi connectivity index (χ3n) is 2.09. The van der Waals surface area contributed by atoms with Crippen molar-refractivity contribution in [3.05, 3.63) is 12.7 Å². The van der Waals surface area contributed by atoms with Crippen LogP contribution >= 0.6 is 8.46 Å². The smallest absolute Gasteiger partial charge is 0.165 e. The third-order valence-corrected chi connectivity index (χ3v) is 2.46. The zero-order valence-electron chi connectivity index (χ0n) is 8.54. The van der Waals surface area contributed by atoms with E-state index in [-0.39, 0.29) is 0 Å². The molecule has 0 fully saturated rings. The highest BCUT2D eigenvalue weighted by molar-refractivity contribution is 7.23. The van der Waals surface area contributed by atoms with E-state index >= 15 is 0 Å². The predicted molar refractivity (Wildman–Crippen MR) is 61.0 cm³/mol. The molecule has 0 aromatic carbocycles. The number of ether oxygens (including phenoxy) is 1. The second-order valence-corrected chi connectivity index (χ2v) is 3.78. The summed E-state index contributed by atoms with van der Waals surface area (Å²) in [6.45, 7) is 1.08. The Morgan fingerprint density at radius 1 is 1.44 bits per heavy atom. The first-order valence-electron chi connectivity index (χ1n) is 4.75. The minimum atomic E-state index is -0.847. The Morgan fingerprint density at radius 2 is 2.31 bits per heavy atom. The van der Waals surface area contributed by atoms with Crippen LogP contribution < -0.4 is 5.73 Å². The number of fused-ring (bicyclic) bond motifs is 1. The van der Waals surface area contributed by atoms with Crippen molar-refractivity contribution in [2.24, 2.45) is 0 Å². The number of hydrogen-bond acceptors (Lipinski definition) is 6. The van der Waals surface area contributed by atoms with Gasteiger partial charge in [-0.25, -0.2) is 15.0 Å². The average Bonchev–Trinajstić information content (AvgIpc) is 2.70. The summed E-state index contributed by atoms with van der Waals surface area (Å²) >= 11 is 0. The minimum absolute atomic E-state index is 0.309. The van der Waals surface area contributed by atoms with Gasteiger partial charge in [-0.1, -0.05) is 0 Å². The second kappa shape index (κ2) is 5.05. The Morgan fingerprint density at radius 3 is 3.12 bits per heavy atom. The van der Waals surface area contributed by atoms with E-state index in [4.69, 9.17) is 10.5 Å². The average molecular weight is 241 g/mol. The summed E-state index contributed by atoms with van der Waals surface area (Å²) < 4.78 is 17.2. The molecular formula is C8H12N5O2P. The van der Waals surface area contributed by atoms with Gasteiger partial charge in [0.1, 0.15) is 11.8 Å². The van der Waals surface area contributed by atoms with Crippen molar-refractivity contribution in [1.82, 2.24) is 19.5 Å². The van der Waals surface area contributed by atoms with E-state index in [9.17, 15) is 4.57 Å². The standard InChI is InChI=1S/C8H12N5O2P/c9-7-6-8(11-3-10-7)13(4-12-6)1-2-15-5-16-14/h3-4H,1-2,5,16H2,(H2,9,10,11). The number of anilines is 1. The molecule has 2 aromatic heterocycles. The molecule has 86 valence electrons. The van der Waals surface area contributed by atoms with Crippen LogP contribution in [0, 0.1) is 0 Å². The second-order valence-electron chi connectivity index (χ2n) is 3.11. The number of aromatic nitrogens is 4. The van der Waals surface area contributed by atoms with E-state index in [1.54, 1.807) is 6.33 Å². The van der Waals surface area contributed by atoms with E-state index in [2.05, 4.69) is 15.0 Å². The van der Waals surface area contributed by atoms with E-state index in [0.29, 0.717) is 36.5 Å². The lowest BCUT2D eigenvalue weighted by molar-refractivity contribution is 0.170. The van der Waals surface area contributed by atoms with Crippen LogP contribution in [0.3, 0.4) is 0 Å². The van der Waals surface area contributed by atoms with Crippen molar-refractivity contribution in [3.8, 4) is 0 Å². The van der Waals surface area contributed by atoms with Crippen LogP contribution in [0.2, 0.25) is 0 Å². The van der Waals surface area contributed by atoms with Gasteiger partial charge < -0.3 is 19.6 Å². The fourth-order valence-corrected chi connectivity index (χ4v) is 1.62. The molecule has 7 nitrogen and oxygen atoms in total. The molecule has 0 bridgehead atoms. The monoisotopic (exact) mass is 241 g/mol. The molecule has 0 amide bonds. The maximum absolute atomic E-state index is 10.3. The molecule has 0 aliphatic heterocycles. The Labute approximate surface area is 92.9 Å². The van der Waals surface area contributed by atoms with Crippen molar-refractivity contribution in [3.63, 3.8) is 0 Å². The van der Waals surface area contributed by atoms with Crippen LogP contribution in [-0.4, -0.2) is 32.5 Å². The zero-order valence-corrected chi connectivity index (χ0v) is 9.69. The van der Waals surface area contributed by atoms with Crippen LogP contribution in [0.1, 0.15) is 0 Å². The number of imidazole rings is 1. The van der Waals surface area contributed by atoms with Crippen LogP contribution in [0.4, 0.5) is 5.82 Å². The van der Waals surface area contributed by atoms with Crippen molar-refractivity contribution < 1.29 is 9.30 Å². The molecule has 0 radical (unpaired) electrons. The summed E-state index contributed by atoms with van der Waals surface area (Å²) in [5.41, 5.74) is 6.93. The van der Waals surface area contributed by atoms with Gasteiger partial charge in [-0.3, -0.25) is 0 Å². The molecule has 0 spiro atoms. The van der Waals surface area contributed by atoms with Gasteiger partial charge >= 0.3 is 0 Å². The van der Waals surface area contributed by atoms with Crippen LogP contribution in [0.5, 0.6) is 0 Å². The highest BCUT2D eigenvalue weighted by Gasteiger charge is 2.06. The van der Waals surface area contributed by atoms with Gasteiger partial charge in [0.15, 0.2) is 11.5 Å². The molecule has 2 rings (SSSR count). The molecule has 2 aromatic rings. The van der Waals surface area contributed by atoms with E-state index < -0.39 is 8.46 Å². The molecule has 0 saturated heterocycles.